The van der Waals surface area contributed by atoms with Crippen molar-refractivity contribution in [3.8, 4) is 12.1 Å². The summed E-state index contributed by atoms with van der Waals surface area (Å²) >= 11 is 0. The van der Waals surface area contributed by atoms with Crippen molar-refractivity contribution in [3.05, 3.63) is 243 Å². The van der Waals surface area contributed by atoms with Gasteiger partial charge in [-0.25, -0.2) is 57.5 Å². The smallest absolute Gasteiger partial charge is 0.448 e. The number of hydrogen-bond acceptors (Lipinski definition) is 26. The second-order valence-electron chi connectivity index (χ2n) is 26.4. The van der Waals surface area contributed by atoms with Crippen LogP contribution < -0.4 is 103 Å². The Hall–Kier alpha value is -11.5. The van der Waals surface area contributed by atoms with Crippen molar-refractivity contribution in [2.75, 3.05) is 0 Å². The number of rotatable bonds is 8. The molecular formula is C88H94B2N2Na2O24. The van der Waals surface area contributed by atoms with Gasteiger partial charge in [-0.15, -0.1) is 0 Å². The molecule has 26 nitrogen and oxygen atoms in total. The Kier molecular flexibility index (Phi) is 43.4. The van der Waals surface area contributed by atoms with Gasteiger partial charge in [-0.3, -0.25) is 0 Å². The molecular weight excluding hydrogens is 1540 g/mol. The molecule has 2 saturated heterocycles. The number of cyclic esters (lactones) is 12. The molecule has 2 aliphatic heterocycles. The fourth-order valence-corrected chi connectivity index (χ4v) is 12.1. The Morgan fingerprint density at radius 2 is 0.254 bits per heavy atom. The van der Waals surface area contributed by atoms with Crippen LogP contribution in [0.3, 0.4) is 0 Å². The van der Waals surface area contributed by atoms with E-state index in [2.05, 4.69) is 243 Å². The quantitative estimate of drug-likeness (QED) is 0.113. The predicted octanol–water partition coefficient (Wildman–Crippen LogP) is 0.376. The summed E-state index contributed by atoms with van der Waals surface area (Å²) < 4.78 is 58.1. The number of carbonyl (C=O) groups is 12. The van der Waals surface area contributed by atoms with Gasteiger partial charge in [-0.2, -0.15) is 54.2 Å². The Labute approximate surface area is 731 Å². The fourth-order valence-electron chi connectivity index (χ4n) is 12.1. The topological polar surface area (TPSA) is 363 Å². The van der Waals surface area contributed by atoms with E-state index in [0.717, 1.165) is 0 Å². The first-order valence-electron chi connectivity index (χ1n) is 37.2. The molecule has 2 aliphatic rings. The van der Waals surface area contributed by atoms with Crippen molar-refractivity contribution in [1.29, 1.82) is 10.5 Å². The van der Waals surface area contributed by atoms with E-state index in [-0.39, 0.29) is 59.1 Å². The van der Waals surface area contributed by atoms with Crippen molar-refractivity contribution in [2.45, 2.75) is 170 Å². The normalized spacial score (nSPS) is 21.7. The van der Waals surface area contributed by atoms with E-state index in [1.807, 2.05) is 0 Å². The van der Waals surface area contributed by atoms with Gasteiger partial charge in [0.15, 0.2) is 73.2 Å². The average molecular weight is 1630 g/mol. The third kappa shape index (κ3) is 29.0. The summed E-state index contributed by atoms with van der Waals surface area (Å²) in [5, 5.41) is 14.6. The molecule has 2 fully saturated rings. The van der Waals surface area contributed by atoms with Crippen LogP contribution in [0.5, 0.6) is 0 Å². The summed E-state index contributed by atoms with van der Waals surface area (Å²) in [6.45, 7) is 17.0. The van der Waals surface area contributed by atoms with Crippen LogP contribution in [0.4, 0.5) is 0 Å². The molecule has 0 aromatic heterocycles. The molecule has 0 bridgehead atoms. The van der Waals surface area contributed by atoms with Crippen molar-refractivity contribution in [1.82, 2.24) is 0 Å². The van der Waals surface area contributed by atoms with Gasteiger partial charge in [-0.1, -0.05) is 243 Å². The Morgan fingerprint density at radius 1 is 0.186 bits per heavy atom. The predicted molar refractivity (Wildman–Crippen MR) is 429 cm³/mol. The molecule has 0 aliphatic carbocycles. The number of hydrogen-bond donors (Lipinski definition) is 0. The summed E-state index contributed by atoms with van der Waals surface area (Å²) in [6, 6.07) is 90.6. The maximum atomic E-state index is 12.0. The molecule has 8 aromatic rings. The van der Waals surface area contributed by atoms with Gasteiger partial charge in [0, 0.05) is 13.8 Å². The van der Waals surface area contributed by atoms with E-state index in [1.54, 1.807) is 12.1 Å². The van der Waals surface area contributed by atoms with Gasteiger partial charge < -0.3 is 56.8 Å². The van der Waals surface area contributed by atoms with Crippen LogP contribution in [0.1, 0.15) is 96.9 Å². The first-order chi connectivity index (χ1) is 55.3. The second-order valence-corrected chi connectivity index (χ2v) is 26.4. The molecule has 608 valence electrons. The molecule has 0 amide bonds. The fraction of sp³-hybridized carbons (Fsp3) is 0.295. The van der Waals surface area contributed by atoms with E-state index in [9.17, 15) is 57.5 Å². The zero-order chi connectivity index (χ0) is 85.7. The van der Waals surface area contributed by atoms with Crippen LogP contribution in [0, 0.1) is 22.7 Å². The van der Waals surface area contributed by atoms with Crippen molar-refractivity contribution >= 4 is 128 Å². The van der Waals surface area contributed by atoms with E-state index < -0.39 is 157 Å². The Balaban J connectivity index is 0.000000396. The summed E-state index contributed by atoms with van der Waals surface area (Å²) in [4.78, 5) is 144. The first kappa shape index (κ1) is 101. The van der Waals surface area contributed by atoms with E-state index in [1.165, 1.54) is 141 Å². The SMILES string of the molecule is CC#N.CC#N.C[C@@H]1OC(=O)[C@@H](C)OC(=O)[C@H](C)OC(=O)[C@@H](C)OC(=O)[C@H](C)OC(=O)[C@@H](C)OC1=O.C[C@@H]1OC(=O)[C@@H](C)OC(=O)[C@H](C)OC(=O)[C@@H](C)OC(=O)[C@H](C)OC(=O)[C@@H](C)OC1=O.[Na+].[Na+].c1ccc([B-](c2ccccc2)(c2ccccc2)c2ccccc2)cc1.c1ccc([B-](c2ccccc2)(c2ccccc2)c2ccccc2)cc1. The van der Waals surface area contributed by atoms with Crippen molar-refractivity contribution in [2.24, 2.45) is 0 Å². The minimum atomic E-state index is -1.44. The van der Waals surface area contributed by atoms with E-state index >= 15 is 0 Å². The van der Waals surface area contributed by atoms with Crippen molar-refractivity contribution < 1.29 is 173 Å². The number of nitrogens with zero attached hydrogens (tertiary/aromatic N) is 2. The van der Waals surface area contributed by atoms with Crippen LogP contribution in [0.2, 0.25) is 0 Å². The third-order valence-electron chi connectivity index (χ3n) is 17.9. The molecule has 30 heteroatoms. The molecule has 12 atom stereocenters. The standard InChI is InChI=1S/2C24H20B.2C18H24O12.2C2H3N.2Na/c2*1-5-13-21(14-6-1)25(22-15-7-2-8-16-22,23-17-9-3-10-18-23)24-19-11-4-12-20-24;2*1-7-13(19)26-9(3)15(21)28-11(5)17(23)30-12(6)18(24)29-10(4)16(22)27-8(2)14(20)25-7;2*1-2-3;;/h2*1-20H;2*7-12H,1-6H3;2*1H3;;/q2*-1;;;;;2*+1/t;;2*7-,8+,9+,10-,11-,12+;;;;. The first-order valence-corrected chi connectivity index (χ1v) is 37.2. The van der Waals surface area contributed by atoms with Gasteiger partial charge in [0.2, 0.25) is 0 Å². The average Bonchev–Trinajstić information content (AvgIpc) is 0.743. The third-order valence-corrected chi connectivity index (χ3v) is 17.9. The molecule has 0 N–H and O–H groups in total. The van der Waals surface area contributed by atoms with Gasteiger partial charge >= 0.3 is 131 Å². The summed E-state index contributed by atoms with van der Waals surface area (Å²) in [7, 11) is 0. The molecule has 10 rings (SSSR count). The minimum Gasteiger partial charge on any atom is -0.448 e. The van der Waals surface area contributed by atoms with E-state index in [4.69, 9.17) is 67.4 Å². The number of carbonyl (C=O) groups excluding carboxylic acids is 12. The molecule has 0 spiro atoms. The summed E-state index contributed by atoms with van der Waals surface area (Å²) in [5.74, 6) is -12.8. The monoisotopic (exact) mass is 1630 g/mol. The van der Waals surface area contributed by atoms with Gasteiger partial charge in [-0.05, 0) is 83.1 Å². The number of esters is 12. The van der Waals surface area contributed by atoms with Crippen molar-refractivity contribution in [3.63, 3.8) is 0 Å². The second kappa shape index (κ2) is 50.9. The maximum absolute atomic E-state index is 12.0. The molecule has 0 radical (unpaired) electrons. The molecule has 118 heavy (non-hydrogen) atoms. The number of nitriles is 2. The van der Waals surface area contributed by atoms with Crippen LogP contribution in [0.25, 0.3) is 0 Å². The number of benzene rings is 8. The molecule has 8 aromatic carbocycles. The Bertz CT molecular complexity index is 3720. The minimum absolute atomic E-state index is 0. The molecule has 2 heterocycles. The summed E-state index contributed by atoms with van der Waals surface area (Å²) in [6.07, 6.45) is -19.7. The van der Waals surface area contributed by atoms with Crippen LogP contribution >= 0.6 is 0 Å². The van der Waals surface area contributed by atoms with Gasteiger partial charge in [0.1, 0.15) is 12.3 Å². The van der Waals surface area contributed by atoms with Gasteiger partial charge in [0.25, 0.3) is 0 Å². The van der Waals surface area contributed by atoms with Crippen LogP contribution in [0.15, 0.2) is 243 Å². The largest absolute Gasteiger partial charge is 1.00 e. The van der Waals surface area contributed by atoms with E-state index in [0.29, 0.717) is 0 Å². The summed E-state index contributed by atoms with van der Waals surface area (Å²) in [5.41, 5.74) is 10.7. The number of ether oxygens (including phenoxy) is 12. The maximum Gasteiger partial charge on any atom is 1.00 e. The molecule has 0 saturated carbocycles. The van der Waals surface area contributed by atoms with Crippen LogP contribution in [-0.4, -0.2) is 157 Å². The Morgan fingerprint density at radius 3 is 0.322 bits per heavy atom. The molecule has 0 unspecified atom stereocenters. The zero-order valence-electron chi connectivity index (χ0n) is 68.9. The van der Waals surface area contributed by atoms with Gasteiger partial charge in [0.05, 0.1) is 12.1 Å². The zero-order valence-corrected chi connectivity index (χ0v) is 72.9. The van der Waals surface area contributed by atoms with Crippen LogP contribution in [-0.2, 0) is 114 Å².